The molecule has 3 N–H and O–H groups in total. The van der Waals surface area contributed by atoms with Crippen LogP contribution in [0.1, 0.15) is 45.4 Å². The Labute approximate surface area is 154 Å². The van der Waals surface area contributed by atoms with Gasteiger partial charge < -0.3 is 15.7 Å². The van der Waals surface area contributed by atoms with Crippen molar-refractivity contribution in [2.75, 3.05) is 5.32 Å². The van der Waals surface area contributed by atoms with Gasteiger partial charge in [0.25, 0.3) is 5.91 Å². The Balaban J connectivity index is 1.76. The molecular formula is C16H14Br2N2O2S. The number of phenolic OH excluding ortho intramolecular Hbond substituents is 1. The van der Waals surface area contributed by atoms with Gasteiger partial charge in [-0.05, 0) is 59.3 Å². The van der Waals surface area contributed by atoms with Gasteiger partial charge >= 0.3 is 0 Å². The van der Waals surface area contributed by atoms with E-state index in [2.05, 4.69) is 42.5 Å². The first-order valence-electron chi connectivity index (χ1n) is 7.44. The molecule has 1 aromatic heterocycles. The highest BCUT2D eigenvalue weighted by molar-refractivity contribution is 9.11. The number of aromatic hydroxyl groups is 1. The van der Waals surface area contributed by atoms with Gasteiger partial charge in [0, 0.05) is 14.9 Å². The van der Waals surface area contributed by atoms with Gasteiger partial charge in [0.05, 0.1) is 10.0 Å². The second kappa shape index (κ2) is 5.79. The van der Waals surface area contributed by atoms with Crippen molar-refractivity contribution in [1.82, 2.24) is 5.32 Å². The number of amides is 1. The molecule has 2 aliphatic rings. The van der Waals surface area contributed by atoms with Gasteiger partial charge in [-0.1, -0.05) is 15.9 Å². The number of anilines is 1. The molecule has 1 atom stereocenters. The Morgan fingerprint density at radius 3 is 2.78 bits per heavy atom. The van der Waals surface area contributed by atoms with Crippen molar-refractivity contribution in [1.29, 1.82) is 0 Å². The Bertz CT molecular complexity index is 819. The highest BCUT2D eigenvalue weighted by Crippen LogP contribution is 2.43. The maximum Gasteiger partial charge on any atom is 0.256 e. The summed E-state index contributed by atoms with van der Waals surface area (Å²) in [6, 6.07) is 3.59. The van der Waals surface area contributed by atoms with E-state index in [1.807, 2.05) is 6.07 Å². The minimum atomic E-state index is -0.441. The number of hydrogen-bond donors (Lipinski definition) is 3. The number of rotatable bonds is 1. The smallest absolute Gasteiger partial charge is 0.256 e. The van der Waals surface area contributed by atoms with E-state index >= 15 is 0 Å². The van der Waals surface area contributed by atoms with Crippen molar-refractivity contribution < 1.29 is 9.90 Å². The first-order chi connectivity index (χ1) is 11.0. The molecule has 2 aromatic rings. The molecule has 1 aliphatic heterocycles. The molecule has 0 radical (unpaired) electrons. The molecule has 0 saturated carbocycles. The van der Waals surface area contributed by atoms with E-state index in [1.165, 1.54) is 16.9 Å². The zero-order valence-electron chi connectivity index (χ0n) is 12.1. The number of nitrogens with one attached hydrogen (secondary N) is 2. The highest BCUT2D eigenvalue weighted by Gasteiger charge is 2.33. The van der Waals surface area contributed by atoms with E-state index in [4.69, 9.17) is 0 Å². The lowest BCUT2D eigenvalue weighted by Gasteiger charge is -2.27. The zero-order chi connectivity index (χ0) is 16.1. The van der Waals surface area contributed by atoms with Crippen molar-refractivity contribution in [3.05, 3.63) is 42.6 Å². The van der Waals surface area contributed by atoms with Crippen LogP contribution in [0.5, 0.6) is 5.75 Å². The lowest BCUT2D eigenvalue weighted by molar-refractivity contribution is 0.0935. The summed E-state index contributed by atoms with van der Waals surface area (Å²) >= 11 is 8.44. The molecule has 4 nitrogen and oxygen atoms in total. The van der Waals surface area contributed by atoms with Gasteiger partial charge in [0.2, 0.25) is 0 Å². The third-order valence-corrected chi connectivity index (χ3v) is 6.60. The molecule has 0 spiro atoms. The van der Waals surface area contributed by atoms with Crippen LogP contribution in [0.15, 0.2) is 21.1 Å². The maximum absolute atomic E-state index is 12.6. The molecule has 0 saturated heterocycles. The van der Waals surface area contributed by atoms with Gasteiger partial charge in [-0.2, -0.15) is 0 Å². The lowest BCUT2D eigenvalue weighted by Crippen LogP contribution is -2.38. The molecule has 1 aromatic carbocycles. The molecule has 0 fully saturated rings. The Morgan fingerprint density at radius 1 is 1.17 bits per heavy atom. The van der Waals surface area contributed by atoms with Gasteiger partial charge in [-0.25, -0.2) is 0 Å². The third-order valence-electron chi connectivity index (χ3n) is 4.32. The number of carbonyl (C=O) groups excluding carboxylic acids is 1. The number of benzene rings is 1. The second-order valence-corrected chi connectivity index (χ2v) is 8.67. The largest absolute Gasteiger partial charge is 0.506 e. The van der Waals surface area contributed by atoms with E-state index in [9.17, 15) is 9.90 Å². The predicted octanol–water partition coefficient (Wildman–Crippen LogP) is 4.71. The van der Waals surface area contributed by atoms with Crippen molar-refractivity contribution in [3.8, 4) is 5.75 Å². The lowest BCUT2D eigenvalue weighted by atomic mass is 9.94. The fraction of sp³-hybridized carbons (Fsp3) is 0.312. The Morgan fingerprint density at radius 2 is 1.96 bits per heavy atom. The van der Waals surface area contributed by atoms with Crippen molar-refractivity contribution in [2.45, 2.75) is 31.8 Å². The number of fused-ring (bicyclic) bond motifs is 3. The molecular weight excluding hydrogens is 444 g/mol. The number of phenols is 1. The van der Waals surface area contributed by atoms with E-state index in [1.54, 1.807) is 17.4 Å². The first kappa shape index (κ1) is 15.5. The van der Waals surface area contributed by atoms with E-state index in [0.29, 0.717) is 10.0 Å². The van der Waals surface area contributed by atoms with Crippen LogP contribution in [-0.2, 0) is 12.8 Å². The monoisotopic (exact) mass is 456 g/mol. The van der Waals surface area contributed by atoms with Gasteiger partial charge in [-0.15, -0.1) is 11.3 Å². The van der Waals surface area contributed by atoms with Crippen LogP contribution in [-0.4, -0.2) is 11.0 Å². The third kappa shape index (κ3) is 2.58. The number of thiophene rings is 1. The molecule has 23 heavy (non-hydrogen) atoms. The van der Waals surface area contributed by atoms with E-state index in [-0.39, 0.29) is 11.7 Å². The molecule has 7 heteroatoms. The van der Waals surface area contributed by atoms with E-state index in [0.717, 1.165) is 34.3 Å². The quantitative estimate of drug-likeness (QED) is 0.581. The van der Waals surface area contributed by atoms with Gasteiger partial charge in [0.15, 0.2) is 0 Å². The summed E-state index contributed by atoms with van der Waals surface area (Å²) in [6.07, 6.45) is 3.93. The first-order valence-corrected chi connectivity index (χ1v) is 9.84. The molecule has 1 aliphatic carbocycles. The molecule has 0 bridgehead atoms. The SMILES string of the molecule is O=C1NC(c2cc(Br)cc(Br)c2O)Nc2sc3c(c21)CCCC3. The fourth-order valence-electron chi connectivity index (χ4n) is 3.24. The minimum Gasteiger partial charge on any atom is -0.506 e. The summed E-state index contributed by atoms with van der Waals surface area (Å²) in [5.74, 6) is 0.0782. The highest BCUT2D eigenvalue weighted by atomic mass is 79.9. The standard InChI is InChI=1S/C16H14Br2N2O2S/c17-7-5-9(13(21)10(18)6-7)14-19-15(22)12-8-3-1-2-4-11(8)23-16(12)20-14/h5-6,14,20-21H,1-4H2,(H,19,22). The summed E-state index contributed by atoms with van der Waals surface area (Å²) in [7, 11) is 0. The predicted molar refractivity (Wildman–Crippen MR) is 98.3 cm³/mol. The van der Waals surface area contributed by atoms with Crippen LogP contribution in [0.25, 0.3) is 0 Å². The van der Waals surface area contributed by atoms with E-state index < -0.39 is 6.17 Å². The minimum absolute atomic E-state index is 0.0568. The van der Waals surface area contributed by atoms with Crippen LogP contribution in [0, 0.1) is 0 Å². The molecule has 120 valence electrons. The number of hydrogen-bond acceptors (Lipinski definition) is 4. The van der Waals surface area contributed by atoms with Crippen LogP contribution in [0.3, 0.4) is 0 Å². The average molecular weight is 458 g/mol. The summed E-state index contributed by atoms with van der Waals surface area (Å²) in [4.78, 5) is 14.0. The normalized spacial score (nSPS) is 19.6. The molecule has 2 heterocycles. The second-order valence-electron chi connectivity index (χ2n) is 5.79. The van der Waals surface area contributed by atoms with Crippen LogP contribution >= 0.6 is 43.2 Å². The fourth-order valence-corrected chi connectivity index (χ4v) is 5.81. The summed E-state index contributed by atoms with van der Waals surface area (Å²) < 4.78 is 1.43. The van der Waals surface area contributed by atoms with Crippen molar-refractivity contribution in [3.63, 3.8) is 0 Å². The Kier molecular flexibility index (Phi) is 3.90. The number of halogens is 2. The zero-order valence-corrected chi connectivity index (χ0v) is 16.1. The van der Waals surface area contributed by atoms with Gasteiger partial charge in [-0.3, -0.25) is 4.79 Å². The van der Waals surface area contributed by atoms with Gasteiger partial charge in [0.1, 0.15) is 16.9 Å². The van der Waals surface area contributed by atoms with Crippen molar-refractivity contribution in [2.24, 2.45) is 0 Å². The number of aryl methyl sites for hydroxylation is 1. The molecule has 1 unspecified atom stereocenters. The van der Waals surface area contributed by atoms with Crippen LogP contribution < -0.4 is 10.6 Å². The Hall–Kier alpha value is -1.05. The van der Waals surface area contributed by atoms with Crippen LogP contribution in [0.2, 0.25) is 0 Å². The topological polar surface area (TPSA) is 61.4 Å². The number of carbonyl (C=O) groups is 1. The summed E-state index contributed by atoms with van der Waals surface area (Å²) in [6.45, 7) is 0. The molecule has 1 amide bonds. The average Bonchev–Trinajstić information content (AvgIpc) is 2.89. The summed E-state index contributed by atoms with van der Waals surface area (Å²) in [5, 5.41) is 17.6. The molecule has 4 rings (SSSR count). The van der Waals surface area contributed by atoms with Crippen molar-refractivity contribution >= 4 is 54.1 Å². The van der Waals surface area contributed by atoms with Crippen LogP contribution in [0.4, 0.5) is 5.00 Å². The maximum atomic E-state index is 12.6. The summed E-state index contributed by atoms with van der Waals surface area (Å²) in [5.41, 5.74) is 2.64.